The first-order valence-electron chi connectivity index (χ1n) is 8.47. The zero-order valence-corrected chi connectivity index (χ0v) is 16.6. The first kappa shape index (κ1) is 19.5. The highest BCUT2D eigenvalue weighted by molar-refractivity contribution is 7.17. The summed E-state index contributed by atoms with van der Waals surface area (Å²) in [7, 11) is 3.19. The summed E-state index contributed by atoms with van der Waals surface area (Å²) in [4.78, 5) is 26.8. The van der Waals surface area contributed by atoms with E-state index in [1.165, 1.54) is 0 Å². The number of hydrogen-bond donors (Lipinski definition) is 0. The molecule has 1 aliphatic rings. The van der Waals surface area contributed by atoms with Crippen molar-refractivity contribution in [1.29, 1.82) is 0 Å². The van der Waals surface area contributed by atoms with Gasteiger partial charge in [-0.2, -0.15) is 0 Å². The van der Waals surface area contributed by atoms with Crippen LogP contribution in [0.25, 0.3) is 0 Å². The molecule has 0 aliphatic carbocycles. The first-order valence-corrected chi connectivity index (χ1v) is 9.66. The van der Waals surface area contributed by atoms with Gasteiger partial charge in [-0.05, 0) is 43.2 Å². The monoisotopic (exact) mass is 409 g/mol. The predicted molar refractivity (Wildman–Crippen MR) is 103 cm³/mol. The number of esters is 1. The molecule has 1 aromatic carbocycles. The fourth-order valence-electron chi connectivity index (χ4n) is 3.19. The fourth-order valence-corrected chi connectivity index (χ4v) is 4.13. The first-order chi connectivity index (χ1) is 13.0. The van der Waals surface area contributed by atoms with E-state index in [1.54, 1.807) is 31.3 Å². The van der Waals surface area contributed by atoms with Crippen LogP contribution in [0.15, 0.2) is 30.3 Å². The number of hydrogen-bond acceptors (Lipinski definition) is 6. The van der Waals surface area contributed by atoms with Gasteiger partial charge in [0.25, 0.3) is 5.91 Å². The standard InChI is InChI=1S/C19H20ClNO5S/c1-24-12-5-6-15(25-2)13(10-12)14-4-3-9-21(14)18(22)11-26-19(23)16-7-8-17(20)27-16/h5-8,10,14H,3-4,9,11H2,1-2H3/t14-/m0/s1. The summed E-state index contributed by atoms with van der Waals surface area (Å²) < 4.78 is 16.4. The number of ether oxygens (including phenoxy) is 3. The highest BCUT2D eigenvalue weighted by Gasteiger charge is 2.32. The second kappa shape index (κ2) is 8.63. The van der Waals surface area contributed by atoms with Gasteiger partial charge in [-0.3, -0.25) is 4.79 Å². The second-order valence-corrected chi connectivity index (χ2v) is 7.75. The Balaban J connectivity index is 1.70. The van der Waals surface area contributed by atoms with Gasteiger partial charge < -0.3 is 19.1 Å². The van der Waals surface area contributed by atoms with Gasteiger partial charge in [0.2, 0.25) is 0 Å². The van der Waals surface area contributed by atoms with Crippen LogP contribution < -0.4 is 9.47 Å². The third kappa shape index (κ3) is 4.36. The van der Waals surface area contributed by atoms with Crippen molar-refractivity contribution in [3.63, 3.8) is 0 Å². The third-order valence-electron chi connectivity index (χ3n) is 4.47. The molecule has 2 heterocycles. The topological polar surface area (TPSA) is 65.1 Å². The second-order valence-electron chi connectivity index (χ2n) is 6.03. The van der Waals surface area contributed by atoms with Crippen molar-refractivity contribution in [2.45, 2.75) is 18.9 Å². The number of halogens is 1. The highest BCUT2D eigenvalue weighted by atomic mass is 35.5. The maximum absolute atomic E-state index is 12.7. The Morgan fingerprint density at radius 1 is 1.22 bits per heavy atom. The summed E-state index contributed by atoms with van der Waals surface area (Å²) in [6.07, 6.45) is 1.68. The van der Waals surface area contributed by atoms with E-state index in [2.05, 4.69) is 0 Å². The maximum atomic E-state index is 12.7. The van der Waals surface area contributed by atoms with Crippen LogP contribution in [0.5, 0.6) is 11.5 Å². The lowest BCUT2D eigenvalue weighted by Crippen LogP contribution is -2.34. The number of amides is 1. The van der Waals surface area contributed by atoms with Crippen LogP contribution in [0.4, 0.5) is 0 Å². The molecule has 0 radical (unpaired) electrons. The summed E-state index contributed by atoms with van der Waals surface area (Å²) in [6.45, 7) is 0.295. The number of rotatable bonds is 6. The van der Waals surface area contributed by atoms with E-state index in [0.717, 1.165) is 29.7 Å². The SMILES string of the molecule is COc1ccc(OC)c([C@@H]2CCCN2C(=O)COC(=O)c2ccc(Cl)s2)c1. The molecular formula is C19H20ClNO5S. The lowest BCUT2D eigenvalue weighted by atomic mass is 10.0. The van der Waals surface area contributed by atoms with Crippen molar-refractivity contribution in [1.82, 2.24) is 4.90 Å². The molecular weight excluding hydrogens is 390 g/mol. The Bertz CT molecular complexity index is 837. The molecule has 2 aromatic rings. The van der Waals surface area contributed by atoms with Crippen LogP contribution >= 0.6 is 22.9 Å². The van der Waals surface area contributed by atoms with E-state index >= 15 is 0 Å². The number of likely N-dealkylation sites (tertiary alicyclic amines) is 1. The zero-order chi connectivity index (χ0) is 19.4. The average Bonchev–Trinajstić information content (AvgIpc) is 3.34. The minimum Gasteiger partial charge on any atom is -0.497 e. The van der Waals surface area contributed by atoms with Gasteiger partial charge in [0.1, 0.15) is 16.4 Å². The van der Waals surface area contributed by atoms with Crippen LogP contribution in [0.3, 0.4) is 0 Å². The molecule has 27 heavy (non-hydrogen) atoms. The van der Waals surface area contributed by atoms with Gasteiger partial charge in [0, 0.05) is 12.1 Å². The van der Waals surface area contributed by atoms with E-state index in [4.69, 9.17) is 25.8 Å². The van der Waals surface area contributed by atoms with Crippen molar-refractivity contribution in [3.05, 3.63) is 45.1 Å². The van der Waals surface area contributed by atoms with Gasteiger partial charge in [0.15, 0.2) is 6.61 Å². The molecule has 8 heteroatoms. The Morgan fingerprint density at radius 2 is 2.04 bits per heavy atom. The largest absolute Gasteiger partial charge is 0.497 e. The van der Waals surface area contributed by atoms with Crippen molar-refractivity contribution < 1.29 is 23.8 Å². The molecule has 1 aliphatic heterocycles. The van der Waals surface area contributed by atoms with Gasteiger partial charge in [-0.25, -0.2) is 4.79 Å². The van der Waals surface area contributed by atoms with E-state index in [9.17, 15) is 9.59 Å². The summed E-state index contributed by atoms with van der Waals surface area (Å²) in [5.74, 6) is 0.616. The Labute approximate surface area is 166 Å². The van der Waals surface area contributed by atoms with Crippen LogP contribution in [-0.2, 0) is 9.53 Å². The van der Waals surface area contributed by atoms with Gasteiger partial charge in [-0.15, -0.1) is 11.3 Å². The normalized spacial score (nSPS) is 16.3. The Hall–Kier alpha value is -2.25. The van der Waals surface area contributed by atoms with Gasteiger partial charge in [-0.1, -0.05) is 11.6 Å². The minimum absolute atomic E-state index is 0.141. The van der Waals surface area contributed by atoms with Crippen molar-refractivity contribution in [2.24, 2.45) is 0 Å². The molecule has 1 saturated heterocycles. The number of nitrogens with zero attached hydrogens (tertiary/aromatic N) is 1. The fraction of sp³-hybridized carbons (Fsp3) is 0.368. The average molecular weight is 410 g/mol. The molecule has 1 fully saturated rings. The van der Waals surface area contributed by atoms with Crippen LogP contribution in [0.1, 0.15) is 34.1 Å². The molecule has 1 aromatic heterocycles. The van der Waals surface area contributed by atoms with Crippen LogP contribution in [0.2, 0.25) is 4.34 Å². The number of methoxy groups -OCH3 is 2. The molecule has 1 atom stereocenters. The molecule has 1 amide bonds. The minimum atomic E-state index is -0.546. The van der Waals surface area contributed by atoms with Crippen molar-refractivity contribution in [3.8, 4) is 11.5 Å². The molecule has 6 nitrogen and oxygen atoms in total. The molecule has 3 rings (SSSR count). The Morgan fingerprint density at radius 3 is 2.70 bits per heavy atom. The summed E-state index contributed by atoms with van der Waals surface area (Å²) in [5.41, 5.74) is 0.888. The maximum Gasteiger partial charge on any atom is 0.348 e. The molecule has 0 saturated carbocycles. The van der Waals surface area contributed by atoms with Crippen molar-refractivity contribution >= 4 is 34.8 Å². The lowest BCUT2D eigenvalue weighted by Gasteiger charge is -2.26. The molecule has 144 valence electrons. The van der Waals surface area contributed by atoms with E-state index in [0.29, 0.717) is 27.3 Å². The number of carbonyl (C=O) groups excluding carboxylic acids is 2. The number of thiophene rings is 1. The van der Waals surface area contributed by atoms with E-state index in [-0.39, 0.29) is 18.6 Å². The van der Waals surface area contributed by atoms with E-state index < -0.39 is 5.97 Å². The molecule has 0 N–H and O–H groups in total. The quantitative estimate of drug-likeness (QED) is 0.676. The third-order valence-corrected chi connectivity index (χ3v) is 5.68. The van der Waals surface area contributed by atoms with Gasteiger partial charge >= 0.3 is 5.97 Å². The number of benzene rings is 1. The van der Waals surface area contributed by atoms with Crippen LogP contribution in [0, 0.1) is 0 Å². The Kier molecular flexibility index (Phi) is 6.23. The summed E-state index contributed by atoms with van der Waals surface area (Å²) in [5, 5.41) is 0. The van der Waals surface area contributed by atoms with Crippen LogP contribution in [-0.4, -0.2) is 44.1 Å². The molecule has 0 bridgehead atoms. The molecule has 0 unspecified atom stereocenters. The lowest BCUT2D eigenvalue weighted by molar-refractivity contribution is -0.135. The van der Waals surface area contributed by atoms with Crippen molar-refractivity contribution in [2.75, 3.05) is 27.4 Å². The summed E-state index contributed by atoms with van der Waals surface area (Å²) >= 11 is 6.95. The predicted octanol–water partition coefficient (Wildman–Crippen LogP) is 3.94. The molecule has 0 spiro atoms. The highest BCUT2D eigenvalue weighted by Crippen LogP contribution is 2.39. The summed E-state index contributed by atoms with van der Waals surface area (Å²) in [6, 6.07) is 8.59. The van der Waals surface area contributed by atoms with E-state index in [1.807, 2.05) is 18.2 Å². The van der Waals surface area contributed by atoms with Gasteiger partial charge in [0.05, 0.1) is 24.6 Å². The number of carbonyl (C=O) groups is 2. The zero-order valence-electron chi connectivity index (χ0n) is 15.1. The smallest absolute Gasteiger partial charge is 0.348 e.